The summed E-state index contributed by atoms with van der Waals surface area (Å²) in [5.74, 6) is -0.834. The Balaban J connectivity index is 0. The largest absolute Gasteiger partial charge is 0.366 e. The predicted octanol–water partition coefficient (Wildman–Crippen LogP) is 2.98. The zero-order valence-electron chi connectivity index (χ0n) is 14.1. The molecule has 0 unspecified atom stereocenters. The number of carbonyl (C=O) groups excluding carboxylic acids is 1. The SMILES string of the molecule is C.N#Cc1c[nH]c(=O)c([N+](=O)[O-])c1.NC(=O)c1c[nH]c(=O)c([N+](=O)[O-])c1.O=P(Cl)(Cl)Cl. The Labute approximate surface area is 186 Å². The normalized spacial score (nSPS) is 9.35. The third kappa shape index (κ3) is 12.1. The van der Waals surface area contributed by atoms with E-state index in [0.29, 0.717) is 0 Å². The van der Waals surface area contributed by atoms with Gasteiger partial charge in [0, 0.05) is 24.5 Å². The van der Waals surface area contributed by atoms with Gasteiger partial charge in [0.25, 0.3) is 0 Å². The first-order valence-electron chi connectivity index (χ1n) is 6.80. The summed E-state index contributed by atoms with van der Waals surface area (Å²) < 4.78 is 9.51. The second-order valence-corrected chi connectivity index (χ2v) is 11.2. The number of nitro groups is 2. The molecule has 2 heterocycles. The number of amides is 1. The number of aromatic nitrogens is 2. The molecular formula is C13H12Cl3N6O8P. The van der Waals surface area contributed by atoms with Crippen molar-refractivity contribution in [2.75, 3.05) is 0 Å². The van der Waals surface area contributed by atoms with E-state index in [1.807, 2.05) is 4.98 Å². The zero-order valence-corrected chi connectivity index (χ0v) is 17.2. The van der Waals surface area contributed by atoms with E-state index in [9.17, 15) is 39.2 Å². The van der Waals surface area contributed by atoms with E-state index in [4.69, 9.17) is 11.0 Å². The standard InChI is InChI=1S/C6H5N3O4.C6H3N3O3.CH4.Cl3OP/c7-5(10)3-1-4(9(12)13)6(11)8-2-3;7-2-4-1-5(9(11)12)6(10)8-3-4;;1-5(2,3)4/h1-2H,(H2,7,10)(H,8,11);1,3H,(H,8,10);1H4;. The van der Waals surface area contributed by atoms with Gasteiger partial charge in [-0.2, -0.15) is 5.26 Å². The highest BCUT2D eigenvalue weighted by atomic mass is 36.0. The fourth-order valence-corrected chi connectivity index (χ4v) is 1.42. The summed E-state index contributed by atoms with van der Waals surface area (Å²) in [4.78, 5) is 54.9. The van der Waals surface area contributed by atoms with E-state index in [0.717, 1.165) is 24.5 Å². The van der Waals surface area contributed by atoms with Crippen LogP contribution in [0, 0.1) is 31.6 Å². The maximum Gasteiger partial charge on any atom is 0.339 e. The molecule has 18 heteroatoms. The molecule has 168 valence electrons. The Hall–Kier alpha value is -3.24. The fourth-order valence-electron chi connectivity index (χ4n) is 1.42. The molecule has 2 aromatic heterocycles. The lowest BCUT2D eigenvalue weighted by atomic mass is 10.2. The van der Waals surface area contributed by atoms with Gasteiger partial charge in [0.1, 0.15) is 6.07 Å². The van der Waals surface area contributed by atoms with Crippen LogP contribution in [0.15, 0.2) is 34.1 Å². The zero-order chi connectivity index (χ0) is 23.6. The molecule has 1 amide bonds. The van der Waals surface area contributed by atoms with Crippen molar-refractivity contribution in [3.8, 4) is 6.07 Å². The van der Waals surface area contributed by atoms with Crippen LogP contribution >= 0.6 is 38.9 Å². The summed E-state index contributed by atoms with van der Waals surface area (Å²) >= 11 is 13.8. The van der Waals surface area contributed by atoms with Crippen molar-refractivity contribution in [2.45, 2.75) is 7.43 Å². The lowest BCUT2D eigenvalue weighted by Crippen LogP contribution is -2.17. The first kappa shape index (κ1) is 30.0. The molecule has 0 aliphatic heterocycles. The third-order valence-corrected chi connectivity index (χ3v) is 2.57. The van der Waals surface area contributed by atoms with Crippen molar-refractivity contribution in [1.29, 1.82) is 5.26 Å². The minimum absolute atomic E-state index is 0. The van der Waals surface area contributed by atoms with Crippen molar-refractivity contribution >= 4 is 56.2 Å². The number of H-pyrrole nitrogens is 2. The van der Waals surface area contributed by atoms with E-state index < -0.39 is 43.4 Å². The van der Waals surface area contributed by atoms with Gasteiger partial charge in [-0.25, -0.2) is 0 Å². The van der Waals surface area contributed by atoms with Crippen LogP contribution in [0.4, 0.5) is 11.4 Å². The maximum atomic E-state index is 10.8. The number of halogens is 3. The number of aromatic amines is 2. The molecule has 4 N–H and O–H groups in total. The molecule has 2 aromatic rings. The first-order valence-corrected chi connectivity index (χ1v) is 11.2. The molecule has 0 spiro atoms. The number of pyridine rings is 2. The molecular weight excluding hydrogens is 506 g/mol. The highest BCUT2D eigenvalue weighted by molar-refractivity contribution is 8.24. The fraction of sp³-hybridized carbons (Fsp3) is 0.0769. The first-order chi connectivity index (χ1) is 13.7. The summed E-state index contributed by atoms with van der Waals surface area (Å²) in [7, 11) is 0. The number of nitrogens with two attached hydrogens (primary N) is 1. The summed E-state index contributed by atoms with van der Waals surface area (Å²) in [5, 5.41) is 25.5. The van der Waals surface area contributed by atoms with Crippen LogP contribution in [-0.2, 0) is 4.57 Å². The molecule has 0 fully saturated rings. The number of nitrogens with zero attached hydrogens (tertiary/aromatic N) is 3. The van der Waals surface area contributed by atoms with Crippen LogP contribution in [0.1, 0.15) is 23.3 Å². The minimum atomic E-state index is -3.22. The lowest BCUT2D eigenvalue weighted by Gasteiger charge is -1.93. The topological polar surface area (TPSA) is 236 Å². The smallest absolute Gasteiger partial charge is 0.339 e. The Morgan fingerprint density at radius 1 is 1.03 bits per heavy atom. The van der Waals surface area contributed by atoms with E-state index in [-0.39, 0.29) is 18.6 Å². The maximum absolute atomic E-state index is 10.8. The van der Waals surface area contributed by atoms with Crippen LogP contribution in [0.5, 0.6) is 0 Å². The second kappa shape index (κ2) is 13.1. The van der Waals surface area contributed by atoms with Crippen molar-refractivity contribution in [2.24, 2.45) is 5.73 Å². The van der Waals surface area contributed by atoms with Crippen molar-refractivity contribution in [3.05, 3.63) is 76.6 Å². The van der Waals surface area contributed by atoms with Gasteiger partial charge in [-0.05, 0) is 33.7 Å². The number of rotatable bonds is 3. The Kier molecular flexibility index (Phi) is 12.7. The molecule has 0 atom stereocenters. The van der Waals surface area contributed by atoms with Crippen LogP contribution < -0.4 is 16.9 Å². The third-order valence-electron chi connectivity index (χ3n) is 2.57. The van der Waals surface area contributed by atoms with Gasteiger partial charge in [-0.15, -0.1) is 0 Å². The quantitative estimate of drug-likeness (QED) is 0.307. The highest BCUT2D eigenvalue weighted by Crippen LogP contribution is 2.61. The average molecular weight is 518 g/mol. The van der Waals surface area contributed by atoms with Gasteiger partial charge in [0.2, 0.25) is 5.91 Å². The van der Waals surface area contributed by atoms with Crippen molar-refractivity contribution in [3.63, 3.8) is 0 Å². The van der Waals surface area contributed by atoms with E-state index >= 15 is 0 Å². The molecule has 0 aliphatic carbocycles. The second-order valence-electron chi connectivity index (χ2n) is 4.59. The summed E-state index contributed by atoms with van der Waals surface area (Å²) in [6, 6.07) is 3.44. The summed E-state index contributed by atoms with van der Waals surface area (Å²) in [6.07, 6.45) is 2.15. The number of primary amides is 1. The average Bonchev–Trinajstić information content (AvgIpc) is 2.61. The molecule has 0 saturated carbocycles. The van der Waals surface area contributed by atoms with Crippen LogP contribution in [-0.4, -0.2) is 25.7 Å². The van der Waals surface area contributed by atoms with Gasteiger partial charge in [0.05, 0.1) is 21.0 Å². The number of hydrogen-bond acceptors (Lipinski definition) is 9. The van der Waals surface area contributed by atoms with E-state index in [1.54, 1.807) is 6.07 Å². The predicted molar refractivity (Wildman–Crippen MR) is 113 cm³/mol. The summed E-state index contributed by atoms with van der Waals surface area (Å²) in [6.45, 7) is 0. The highest BCUT2D eigenvalue weighted by Gasteiger charge is 2.14. The van der Waals surface area contributed by atoms with E-state index in [2.05, 4.69) is 38.7 Å². The molecule has 14 nitrogen and oxygen atoms in total. The Morgan fingerprint density at radius 3 is 1.77 bits per heavy atom. The van der Waals surface area contributed by atoms with Gasteiger partial charge >= 0.3 is 27.7 Å². The molecule has 2 rings (SSSR count). The number of hydrogen-bond donors (Lipinski definition) is 3. The van der Waals surface area contributed by atoms with Crippen LogP contribution in [0.25, 0.3) is 0 Å². The van der Waals surface area contributed by atoms with E-state index in [1.165, 1.54) is 0 Å². The van der Waals surface area contributed by atoms with Gasteiger partial charge in [-0.3, -0.25) is 39.2 Å². The number of carbonyl (C=O) groups is 1. The number of nitrogens with one attached hydrogen (secondary N) is 2. The molecule has 0 aliphatic rings. The number of nitriles is 1. The van der Waals surface area contributed by atoms with Crippen LogP contribution in [0.3, 0.4) is 0 Å². The summed E-state index contributed by atoms with van der Waals surface area (Å²) in [5.41, 5.74) is 1.81. The lowest BCUT2D eigenvalue weighted by molar-refractivity contribution is -0.386. The Bertz CT molecular complexity index is 1160. The minimum Gasteiger partial charge on any atom is -0.366 e. The van der Waals surface area contributed by atoms with Crippen molar-refractivity contribution < 1.29 is 19.2 Å². The Morgan fingerprint density at radius 2 is 1.42 bits per heavy atom. The molecule has 0 radical (unpaired) electrons. The van der Waals surface area contributed by atoms with Crippen molar-refractivity contribution in [1.82, 2.24) is 9.97 Å². The molecule has 0 bridgehead atoms. The van der Waals surface area contributed by atoms with Gasteiger partial charge < -0.3 is 15.7 Å². The van der Waals surface area contributed by atoms with Gasteiger partial charge in [-0.1, -0.05) is 7.43 Å². The van der Waals surface area contributed by atoms with Gasteiger partial charge in [0.15, 0.2) is 0 Å². The molecule has 31 heavy (non-hydrogen) atoms. The molecule has 0 aromatic carbocycles. The van der Waals surface area contributed by atoms with Crippen LogP contribution in [0.2, 0.25) is 0 Å². The molecule has 0 saturated heterocycles. The monoisotopic (exact) mass is 516 g/mol.